The van der Waals surface area contributed by atoms with Crippen LogP contribution >= 0.6 is 0 Å². The predicted octanol–water partition coefficient (Wildman–Crippen LogP) is 2.90. The van der Waals surface area contributed by atoms with Crippen molar-refractivity contribution in [1.29, 1.82) is 0 Å². The number of nitrogens with one attached hydrogen (secondary N) is 1. The number of esters is 1. The Labute approximate surface area is 218 Å². The van der Waals surface area contributed by atoms with Crippen LogP contribution < -0.4 is 5.32 Å². The molecule has 0 radical (unpaired) electrons. The first-order valence-corrected chi connectivity index (χ1v) is 14.0. The average molecular weight is 527 g/mol. The number of benzene rings is 2. The number of urea groups is 1. The van der Waals surface area contributed by atoms with Gasteiger partial charge in [-0.25, -0.2) is 18.0 Å². The lowest BCUT2D eigenvalue weighted by molar-refractivity contribution is -0.139. The zero-order chi connectivity index (χ0) is 26.6. The van der Waals surface area contributed by atoms with Crippen LogP contribution in [0, 0.1) is 6.92 Å². The van der Waals surface area contributed by atoms with Crippen molar-refractivity contribution >= 4 is 22.0 Å². The van der Waals surface area contributed by atoms with E-state index in [1.165, 1.54) is 4.31 Å². The molecule has 1 fully saturated rings. The molecular formula is C27H34N4O5S. The van der Waals surface area contributed by atoms with Crippen molar-refractivity contribution in [3.63, 3.8) is 0 Å². The minimum absolute atomic E-state index is 0.215. The van der Waals surface area contributed by atoms with Crippen molar-refractivity contribution in [3.8, 4) is 0 Å². The minimum Gasteiger partial charge on any atom is -0.463 e. The summed E-state index contributed by atoms with van der Waals surface area (Å²) in [6, 6.07) is 15.2. The Morgan fingerprint density at radius 1 is 1.03 bits per heavy atom. The van der Waals surface area contributed by atoms with Gasteiger partial charge in [-0.05, 0) is 38.5 Å². The molecule has 2 amide bonds. The highest BCUT2D eigenvalue weighted by Gasteiger charge is 2.39. The number of carbonyl (C=O) groups excluding carboxylic acids is 2. The van der Waals surface area contributed by atoms with Crippen molar-refractivity contribution < 1.29 is 22.7 Å². The van der Waals surface area contributed by atoms with Crippen molar-refractivity contribution in [3.05, 3.63) is 77.0 Å². The number of nitrogens with zero attached hydrogens (tertiary/aromatic N) is 3. The first-order chi connectivity index (χ1) is 17.8. The van der Waals surface area contributed by atoms with E-state index in [4.69, 9.17) is 4.74 Å². The van der Waals surface area contributed by atoms with Crippen LogP contribution in [0.15, 0.2) is 70.8 Å². The SMILES string of the molecule is CCOC(=O)C1=C(CN2CCN(S(=O)(=O)c3ccccc3)CC2)N(CC)C(=O)N[C@H]1c1cccc(C)c1. The molecule has 9 nitrogen and oxygen atoms in total. The summed E-state index contributed by atoms with van der Waals surface area (Å²) in [5, 5.41) is 2.98. The number of likely N-dealkylation sites (N-methyl/N-ethyl adjacent to an activating group) is 1. The normalized spacial score (nSPS) is 19.6. The van der Waals surface area contributed by atoms with Crippen LogP contribution in [0.3, 0.4) is 0 Å². The van der Waals surface area contributed by atoms with Gasteiger partial charge in [-0.3, -0.25) is 9.80 Å². The Morgan fingerprint density at radius 2 is 1.73 bits per heavy atom. The Kier molecular flexibility index (Phi) is 8.31. The number of aryl methyl sites for hydroxylation is 1. The largest absolute Gasteiger partial charge is 0.463 e. The van der Waals surface area contributed by atoms with E-state index in [1.807, 2.05) is 38.1 Å². The topological polar surface area (TPSA) is 99.3 Å². The second kappa shape index (κ2) is 11.5. The molecule has 2 aromatic rings. The highest BCUT2D eigenvalue weighted by atomic mass is 32.2. The van der Waals surface area contributed by atoms with Crippen molar-refractivity contribution in [2.24, 2.45) is 0 Å². The number of piperazine rings is 1. The van der Waals surface area contributed by atoms with Crippen LogP contribution in [0.4, 0.5) is 4.79 Å². The molecule has 2 aliphatic rings. The summed E-state index contributed by atoms with van der Waals surface area (Å²) >= 11 is 0. The molecule has 198 valence electrons. The Balaban J connectivity index is 1.62. The lowest BCUT2D eigenvalue weighted by Crippen LogP contribution is -2.53. The van der Waals surface area contributed by atoms with Crippen LogP contribution in [0.1, 0.15) is 31.0 Å². The van der Waals surface area contributed by atoms with Gasteiger partial charge in [0.05, 0.1) is 23.1 Å². The van der Waals surface area contributed by atoms with E-state index in [1.54, 1.807) is 42.2 Å². The number of hydrogen-bond donors (Lipinski definition) is 1. The number of amides is 2. The fourth-order valence-electron chi connectivity index (χ4n) is 4.84. The van der Waals surface area contributed by atoms with Crippen molar-refractivity contribution in [1.82, 2.24) is 19.4 Å². The molecule has 0 bridgehead atoms. The van der Waals surface area contributed by atoms with E-state index < -0.39 is 22.0 Å². The lowest BCUT2D eigenvalue weighted by Gasteiger charge is -2.40. The Hall–Kier alpha value is -3.21. The maximum Gasteiger partial charge on any atom is 0.338 e. The first-order valence-electron chi connectivity index (χ1n) is 12.6. The molecule has 2 aliphatic heterocycles. The van der Waals surface area contributed by atoms with Crippen LogP contribution in [0.5, 0.6) is 0 Å². The summed E-state index contributed by atoms with van der Waals surface area (Å²) < 4.78 is 33.0. The highest BCUT2D eigenvalue weighted by Crippen LogP contribution is 2.32. The van der Waals surface area contributed by atoms with E-state index in [0.717, 1.165) is 11.1 Å². The van der Waals surface area contributed by atoms with Crippen LogP contribution in [0.25, 0.3) is 0 Å². The van der Waals surface area contributed by atoms with E-state index in [0.29, 0.717) is 50.5 Å². The van der Waals surface area contributed by atoms with Gasteiger partial charge in [-0.2, -0.15) is 4.31 Å². The van der Waals surface area contributed by atoms with E-state index in [9.17, 15) is 18.0 Å². The van der Waals surface area contributed by atoms with Gasteiger partial charge < -0.3 is 10.1 Å². The van der Waals surface area contributed by atoms with Crippen LogP contribution in [0.2, 0.25) is 0 Å². The molecule has 1 atom stereocenters. The number of rotatable bonds is 8. The first kappa shape index (κ1) is 26.8. The molecule has 1 N–H and O–H groups in total. The third-order valence-corrected chi connectivity index (χ3v) is 8.62. The van der Waals surface area contributed by atoms with Crippen LogP contribution in [-0.4, -0.2) is 80.4 Å². The molecule has 2 aromatic carbocycles. The lowest BCUT2D eigenvalue weighted by atomic mass is 9.93. The van der Waals surface area contributed by atoms with E-state index >= 15 is 0 Å². The summed E-state index contributed by atoms with van der Waals surface area (Å²) in [6.45, 7) is 8.09. The predicted molar refractivity (Wildman–Crippen MR) is 140 cm³/mol. The van der Waals surface area contributed by atoms with Gasteiger partial charge in [0.15, 0.2) is 0 Å². The minimum atomic E-state index is -3.58. The standard InChI is InChI=1S/C27H34N4O5S/c1-4-31-23(19-29-14-16-30(17-15-29)37(34,35)22-12-7-6-8-13-22)24(26(32)36-5-2)25(28-27(31)33)21-11-9-10-20(3)18-21/h6-13,18,25H,4-5,14-17,19H2,1-3H3,(H,28,33)/t25-/m0/s1. The monoisotopic (exact) mass is 526 g/mol. The molecular weight excluding hydrogens is 492 g/mol. The summed E-state index contributed by atoms with van der Waals surface area (Å²) in [4.78, 5) is 30.3. The molecule has 1 saturated heterocycles. The molecule has 37 heavy (non-hydrogen) atoms. The molecule has 0 aromatic heterocycles. The molecule has 0 aliphatic carbocycles. The number of carbonyl (C=O) groups is 2. The van der Waals surface area contributed by atoms with Gasteiger partial charge in [0, 0.05) is 45.0 Å². The molecule has 10 heteroatoms. The summed E-state index contributed by atoms with van der Waals surface area (Å²) in [7, 11) is -3.58. The summed E-state index contributed by atoms with van der Waals surface area (Å²) in [5.41, 5.74) is 2.83. The molecule has 2 heterocycles. The molecule has 0 saturated carbocycles. The Morgan fingerprint density at radius 3 is 2.35 bits per heavy atom. The second-order valence-corrected chi connectivity index (χ2v) is 11.1. The number of hydrogen-bond acceptors (Lipinski definition) is 6. The molecule has 0 spiro atoms. The number of sulfonamides is 1. The molecule has 4 rings (SSSR count). The summed E-state index contributed by atoms with van der Waals surface area (Å²) in [6.07, 6.45) is 0. The maximum atomic E-state index is 13.3. The van der Waals surface area contributed by atoms with Gasteiger partial charge in [0.25, 0.3) is 0 Å². The zero-order valence-electron chi connectivity index (χ0n) is 21.5. The number of ether oxygens (including phenoxy) is 1. The second-order valence-electron chi connectivity index (χ2n) is 9.12. The zero-order valence-corrected chi connectivity index (χ0v) is 22.3. The van der Waals surface area contributed by atoms with Gasteiger partial charge in [-0.1, -0.05) is 48.0 Å². The fourth-order valence-corrected chi connectivity index (χ4v) is 6.28. The van der Waals surface area contributed by atoms with Crippen LogP contribution in [-0.2, 0) is 19.6 Å². The van der Waals surface area contributed by atoms with Crippen molar-refractivity contribution in [2.75, 3.05) is 45.9 Å². The van der Waals surface area contributed by atoms with Gasteiger partial charge in [-0.15, -0.1) is 0 Å². The smallest absolute Gasteiger partial charge is 0.338 e. The third kappa shape index (κ3) is 5.71. The maximum absolute atomic E-state index is 13.3. The van der Waals surface area contributed by atoms with Gasteiger partial charge in [0.1, 0.15) is 0 Å². The van der Waals surface area contributed by atoms with E-state index in [-0.39, 0.29) is 17.5 Å². The van der Waals surface area contributed by atoms with Gasteiger partial charge >= 0.3 is 12.0 Å². The van der Waals surface area contributed by atoms with Gasteiger partial charge in [0.2, 0.25) is 10.0 Å². The van der Waals surface area contributed by atoms with E-state index in [2.05, 4.69) is 10.2 Å². The fraction of sp³-hybridized carbons (Fsp3) is 0.407. The average Bonchev–Trinajstić information content (AvgIpc) is 2.89. The Bertz CT molecular complexity index is 1270. The quantitative estimate of drug-likeness (QED) is 0.531. The third-order valence-electron chi connectivity index (χ3n) is 6.71. The summed E-state index contributed by atoms with van der Waals surface area (Å²) in [5.74, 6) is -0.465. The van der Waals surface area contributed by atoms with Crippen molar-refractivity contribution in [2.45, 2.75) is 31.7 Å². The molecule has 0 unspecified atom stereocenters. The highest BCUT2D eigenvalue weighted by molar-refractivity contribution is 7.89.